The molecule has 0 spiro atoms. The zero-order valence-corrected chi connectivity index (χ0v) is 17.6. The molecule has 4 aromatic rings. The van der Waals surface area contributed by atoms with Gasteiger partial charge in [0.05, 0.1) is 22.5 Å². The number of alkyl halides is 2. The van der Waals surface area contributed by atoms with Crippen molar-refractivity contribution in [3.8, 4) is 16.9 Å². The molecule has 170 valence electrons. The van der Waals surface area contributed by atoms with Gasteiger partial charge in [-0.15, -0.1) is 0 Å². The number of nitrogens with zero attached hydrogens (tertiary/aromatic N) is 1. The van der Waals surface area contributed by atoms with E-state index >= 15 is 0 Å². The molecule has 6 nitrogen and oxygen atoms in total. The molecule has 0 aliphatic carbocycles. The Labute approximate surface area is 187 Å². The van der Waals surface area contributed by atoms with E-state index in [0.717, 1.165) is 11.1 Å². The molecule has 1 heterocycles. The number of halogens is 3. The molecule has 0 aliphatic heterocycles. The second-order valence-corrected chi connectivity index (χ2v) is 7.53. The molecule has 1 atom stereocenters. The number of aromatic amines is 1. The molecule has 0 fully saturated rings. The minimum Gasteiger partial charge on any atom is -0.434 e. The summed E-state index contributed by atoms with van der Waals surface area (Å²) in [5.41, 5.74) is 9.10. The molecule has 9 heteroatoms. The number of rotatable bonds is 7. The smallest absolute Gasteiger partial charge is 0.387 e. The van der Waals surface area contributed by atoms with Crippen LogP contribution in [0.15, 0.2) is 60.7 Å². The molecule has 33 heavy (non-hydrogen) atoms. The van der Waals surface area contributed by atoms with E-state index in [-0.39, 0.29) is 23.2 Å². The number of nitrogens with two attached hydrogens (primary N) is 1. The van der Waals surface area contributed by atoms with Crippen molar-refractivity contribution in [3.63, 3.8) is 0 Å². The number of amides is 1. The summed E-state index contributed by atoms with van der Waals surface area (Å²) in [4.78, 5) is 13.1. The van der Waals surface area contributed by atoms with E-state index in [1.165, 1.54) is 18.2 Å². The predicted molar refractivity (Wildman–Crippen MR) is 119 cm³/mol. The van der Waals surface area contributed by atoms with E-state index in [1.807, 2.05) is 31.2 Å². The molecule has 0 aliphatic rings. The predicted octanol–water partition coefficient (Wildman–Crippen LogP) is 4.71. The first-order chi connectivity index (χ1) is 15.9. The van der Waals surface area contributed by atoms with Gasteiger partial charge in [-0.25, -0.2) is 0 Å². The summed E-state index contributed by atoms with van der Waals surface area (Å²) in [7, 11) is 0. The maximum Gasteiger partial charge on any atom is 0.387 e. The molecule has 3 aromatic carbocycles. The molecule has 1 amide bonds. The third-order valence-electron chi connectivity index (χ3n) is 5.27. The second kappa shape index (κ2) is 9.33. The Morgan fingerprint density at radius 2 is 1.88 bits per heavy atom. The molecule has 0 saturated carbocycles. The van der Waals surface area contributed by atoms with Crippen molar-refractivity contribution in [2.75, 3.05) is 6.54 Å². The molecule has 0 radical (unpaired) electrons. The lowest BCUT2D eigenvalue weighted by molar-refractivity contribution is -0.0501. The zero-order chi connectivity index (χ0) is 23.5. The van der Waals surface area contributed by atoms with Crippen LogP contribution >= 0.6 is 0 Å². The van der Waals surface area contributed by atoms with Crippen LogP contribution in [-0.2, 0) is 0 Å². The van der Waals surface area contributed by atoms with Crippen LogP contribution in [0, 0.1) is 12.9 Å². The average molecular weight is 454 g/mol. The summed E-state index contributed by atoms with van der Waals surface area (Å²) in [5.74, 6) is -1.49. The van der Waals surface area contributed by atoms with Gasteiger partial charge in [0.15, 0.2) is 0 Å². The van der Waals surface area contributed by atoms with E-state index in [4.69, 9.17) is 5.73 Å². The summed E-state index contributed by atoms with van der Waals surface area (Å²) in [6.45, 7) is -1.09. The maximum absolute atomic E-state index is 13.9. The Balaban J connectivity index is 1.71. The SMILES string of the molecule is Cc1cccc(C(CN)NC(=O)c2cc(-c3ccc4n[nH]c(F)c4c3)ccc2OC(F)F)c1. The minimum absolute atomic E-state index is 0.0911. The van der Waals surface area contributed by atoms with E-state index in [9.17, 15) is 18.0 Å². The number of aryl methyl sites for hydroxylation is 1. The lowest BCUT2D eigenvalue weighted by Crippen LogP contribution is -2.33. The lowest BCUT2D eigenvalue weighted by Gasteiger charge is -2.19. The zero-order valence-electron chi connectivity index (χ0n) is 17.6. The maximum atomic E-state index is 13.9. The number of H-pyrrole nitrogens is 1. The standard InChI is InChI=1S/C24H21F3N4O2/c1-13-3-2-4-16(9-13)20(12-28)29-23(32)18-11-15(6-8-21(18)33-24(26)27)14-5-7-19-17(10-14)22(25)31-30-19/h2-11,20,24H,12,28H2,1H3,(H,29,32)(H,30,31). The van der Waals surface area contributed by atoms with Crippen LogP contribution in [0.2, 0.25) is 0 Å². The van der Waals surface area contributed by atoms with Gasteiger partial charge in [0.1, 0.15) is 5.75 Å². The summed E-state index contributed by atoms with van der Waals surface area (Å²) in [6, 6.07) is 16.1. The van der Waals surface area contributed by atoms with Crippen LogP contribution in [0.25, 0.3) is 22.0 Å². The number of carbonyl (C=O) groups is 1. The fourth-order valence-corrected chi connectivity index (χ4v) is 3.65. The summed E-state index contributed by atoms with van der Waals surface area (Å²) < 4.78 is 44.5. The van der Waals surface area contributed by atoms with Crippen molar-refractivity contribution in [3.05, 3.63) is 83.3 Å². The Hall–Kier alpha value is -3.85. The monoisotopic (exact) mass is 454 g/mol. The van der Waals surface area contributed by atoms with Crippen LogP contribution in [0.3, 0.4) is 0 Å². The highest BCUT2D eigenvalue weighted by atomic mass is 19.3. The second-order valence-electron chi connectivity index (χ2n) is 7.53. The van der Waals surface area contributed by atoms with Gasteiger partial charge in [0.2, 0.25) is 5.95 Å². The third kappa shape index (κ3) is 4.83. The number of fused-ring (bicyclic) bond motifs is 1. The molecule has 1 unspecified atom stereocenters. The average Bonchev–Trinajstić information content (AvgIpc) is 3.17. The largest absolute Gasteiger partial charge is 0.434 e. The van der Waals surface area contributed by atoms with Gasteiger partial charge in [-0.3, -0.25) is 9.89 Å². The lowest BCUT2D eigenvalue weighted by atomic mass is 10.00. The number of nitrogens with one attached hydrogen (secondary N) is 2. The first-order valence-electron chi connectivity index (χ1n) is 10.2. The summed E-state index contributed by atoms with van der Waals surface area (Å²) in [5, 5.41) is 9.17. The molecular weight excluding hydrogens is 433 g/mol. The van der Waals surface area contributed by atoms with E-state index < -0.39 is 24.5 Å². The summed E-state index contributed by atoms with van der Waals surface area (Å²) in [6.07, 6.45) is 0. The number of carbonyl (C=O) groups excluding carboxylic acids is 1. The van der Waals surface area contributed by atoms with Crippen LogP contribution in [0.1, 0.15) is 27.5 Å². The fraction of sp³-hybridized carbons (Fsp3) is 0.167. The Kier molecular flexibility index (Phi) is 6.32. The van der Waals surface area contributed by atoms with Gasteiger partial charge >= 0.3 is 6.61 Å². The minimum atomic E-state index is -3.11. The first-order valence-corrected chi connectivity index (χ1v) is 10.2. The van der Waals surface area contributed by atoms with Gasteiger partial charge in [-0.1, -0.05) is 42.0 Å². The molecule has 0 saturated heterocycles. The molecule has 4 N–H and O–H groups in total. The van der Waals surface area contributed by atoms with Crippen molar-refractivity contribution in [1.29, 1.82) is 0 Å². The van der Waals surface area contributed by atoms with Gasteiger partial charge in [0.25, 0.3) is 5.91 Å². The molecule has 1 aromatic heterocycles. The number of ether oxygens (including phenoxy) is 1. The first kappa shape index (κ1) is 22.3. The van der Waals surface area contributed by atoms with Crippen molar-refractivity contribution < 1.29 is 22.7 Å². The normalized spacial score (nSPS) is 12.2. The van der Waals surface area contributed by atoms with Crippen molar-refractivity contribution in [2.45, 2.75) is 19.6 Å². The highest BCUT2D eigenvalue weighted by Gasteiger charge is 2.21. The number of hydrogen-bond donors (Lipinski definition) is 3. The molecule has 0 bridgehead atoms. The van der Waals surface area contributed by atoms with E-state index in [2.05, 4.69) is 20.3 Å². The van der Waals surface area contributed by atoms with Crippen LogP contribution in [-0.4, -0.2) is 29.3 Å². The molecular formula is C24H21F3N4O2. The van der Waals surface area contributed by atoms with Gasteiger partial charge in [-0.05, 0) is 47.9 Å². The van der Waals surface area contributed by atoms with Crippen molar-refractivity contribution in [2.24, 2.45) is 5.73 Å². The van der Waals surface area contributed by atoms with E-state index in [0.29, 0.717) is 16.6 Å². The fourth-order valence-electron chi connectivity index (χ4n) is 3.65. The van der Waals surface area contributed by atoms with Crippen LogP contribution in [0.5, 0.6) is 5.75 Å². The Bertz CT molecular complexity index is 1310. The Morgan fingerprint density at radius 1 is 1.12 bits per heavy atom. The topological polar surface area (TPSA) is 93.0 Å². The summed E-state index contributed by atoms with van der Waals surface area (Å²) >= 11 is 0. The third-order valence-corrected chi connectivity index (χ3v) is 5.27. The Morgan fingerprint density at radius 3 is 2.61 bits per heavy atom. The van der Waals surface area contributed by atoms with Crippen molar-refractivity contribution in [1.82, 2.24) is 15.5 Å². The number of aromatic nitrogens is 2. The highest BCUT2D eigenvalue weighted by Crippen LogP contribution is 2.30. The number of benzene rings is 3. The van der Waals surface area contributed by atoms with Crippen molar-refractivity contribution >= 4 is 16.8 Å². The van der Waals surface area contributed by atoms with Gasteiger partial charge in [0, 0.05) is 6.54 Å². The highest BCUT2D eigenvalue weighted by molar-refractivity contribution is 5.99. The van der Waals surface area contributed by atoms with Crippen LogP contribution < -0.4 is 15.8 Å². The quantitative estimate of drug-likeness (QED) is 0.377. The van der Waals surface area contributed by atoms with E-state index in [1.54, 1.807) is 18.2 Å². The van der Waals surface area contributed by atoms with Gasteiger partial charge in [-0.2, -0.15) is 18.3 Å². The molecule has 4 rings (SSSR count). The van der Waals surface area contributed by atoms with Crippen LogP contribution in [0.4, 0.5) is 13.2 Å². The van der Waals surface area contributed by atoms with Gasteiger partial charge < -0.3 is 15.8 Å². The number of hydrogen-bond acceptors (Lipinski definition) is 4.